The molecule has 6 rings (SSSR count). The molecular formula is C36H44Cl2CoFeP2-2. The van der Waals surface area contributed by atoms with Gasteiger partial charge in [-0.1, -0.05) is 147 Å². The smallest absolute Gasteiger partial charge is 1.00 e. The van der Waals surface area contributed by atoms with Gasteiger partial charge in [-0.25, -0.2) is 0 Å². The van der Waals surface area contributed by atoms with E-state index in [4.69, 9.17) is 0 Å². The van der Waals surface area contributed by atoms with Crippen molar-refractivity contribution in [3.8, 4) is 0 Å². The fraction of sp³-hybridized carbons (Fsp3) is 0.278. The Morgan fingerprint density at radius 3 is 0.762 bits per heavy atom. The van der Waals surface area contributed by atoms with E-state index >= 15 is 0 Å². The van der Waals surface area contributed by atoms with E-state index in [0.29, 0.717) is 0 Å². The Morgan fingerprint density at radius 1 is 0.381 bits per heavy atom. The second-order valence-corrected chi connectivity index (χ2v) is 15.0. The first-order valence-electron chi connectivity index (χ1n) is 13.7. The molecule has 1 radical (unpaired) electrons. The molecular weight excluding hydrogens is 680 g/mol. The molecule has 231 valence electrons. The second kappa shape index (κ2) is 23.7. The monoisotopic (exact) mass is 723 g/mol. The predicted molar refractivity (Wildman–Crippen MR) is 175 cm³/mol. The second-order valence-electron chi connectivity index (χ2n) is 9.96. The van der Waals surface area contributed by atoms with Crippen LogP contribution in [-0.2, 0) is 33.8 Å². The van der Waals surface area contributed by atoms with Gasteiger partial charge in [0.05, 0.1) is 0 Å². The Balaban J connectivity index is 0. The molecule has 2 aliphatic rings. The standard InChI is InChI=1S/2C17H19P.2CH3.2ClH.Co.Fe/c2*1-3-9-15(10-4-1)18(17-13-7-8-14-17)16-11-5-2-6-12-16;;;;;;/h2*1-6,9-12,17H,7-8,13-14H2;2*1H3;2*1H;;/q;;2*-1;;;;+2/p-2. The molecule has 4 aromatic carbocycles. The zero-order valence-electron chi connectivity index (χ0n) is 24.7. The Hall–Kier alpha value is -0.654. The van der Waals surface area contributed by atoms with Crippen LogP contribution >= 0.6 is 15.8 Å². The molecule has 0 nitrogen and oxygen atoms in total. The Morgan fingerprint density at radius 2 is 0.571 bits per heavy atom. The molecule has 6 heteroatoms. The molecule has 0 atom stereocenters. The summed E-state index contributed by atoms with van der Waals surface area (Å²) in [5.41, 5.74) is 1.79. The van der Waals surface area contributed by atoms with Gasteiger partial charge in [-0.15, -0.1) is 0 Å². The van der Waals surface area contributed by atoms with Gasteiger partial charge in [0.25, 0.3) is 0 Å². The van der Waals surface area contributed by atoms with Crippen molar-refractivity contribution in [1.29, 1.82) is 0 Å². The van der Waals surface area contributed by atoms with Gasteiger partial charge in [0.2, 0.25) is 0 Å². The van der Waals surface area contributed by atoms with E-state index < -0.39 is 0 Å². The topological polar surface area (TPSA) is 0 Å². The van der Waals surface area contributed by atoms with E-state index in [1.807, 2.05) is 0 Å². The van der Waals surface area contributed by atoms with Crippen molar-refractivity contribution in [3.63, 3.8) is 0 Å². The van der Waals surface area contributed by atoms with Crippen molar-refractivity contribution in [1.82, 2.24) is 0 Å². The van der Waals surface area contributed by atoms with Crippen molar-refractivity contribution in [2.24, 2.45) is 0 Å². The first-order valence-corrected chi connectivity index (χ1v) is 16.5. The molecule has 2 fully saturated rings. The average Bonchev–Trinajstić information content (AvgIpc) is 3.68. The van der Waals surface area contributed by atoms with Gasteiger partial charge >= 0.3 is 17.1 Å². The first-order chi connectivity index (χ1) is 17.9. The molecule has 0 amide bonds. The predicted octanol–water partition coefficient (Wildman–Crippen LogP) is 3.03. The number of halogens is 2. The average molecular weight is 724 g/mol. The number of hydrogen-bond acceptors (Lipinski definition) is 0. The SMILES string of the molecule is [CH3-].[CH3-].[Cl-].[Cl-].[Co].[Fe+2].c1ccc(P(c2ccccc2)C2CCCC2)cc1.c1ccc(P(c2ccccc2)C2CCCC2)cc1. The summed E-state index contributed by atoms with van der Waals surface area (Å²) in [6, 6.07) is 44.5. The van der Waals surface area contributed by atoms with Crippen LogP contribution in [0.4, 0.5) is 0 Å². The van der Waals surface area contributed by atoms with Gasteiger partial charge in [0, 0.05) is 16.8 Å². The summed E-state index contributed by atoms with van der Waals surface area (Å²) in [7, 11) is -0.304. The minimum atomic E-state index is -0.152. The molecule has 0 aliphatic heterocycles. The maximum atomic E-state index is 2.32. The van der Waals surface area contributed by atoms with Gasteiger partial charge in [-0.05, 0) is 74.1 Å². The molecule has 2 saturated carbocycles. The summed E-state index contributed by atoms with van der Waals surface area (Å²) in [6.45, 7) is 0. The van der Waals surface area contributed by atoms with Gasteiger partial charge in [0.1, 0.15) is 0 Å². The molecule has 0 heterocycles. The van der Waals surface area contributed by atoms with Crippen LogP contribution in [0.1, 0.15) is 51.4 Å². The van der Waals surface area contributed by atoms with Crippen LogP contribution in [-0.4, -0.2) is 11.3 Å². The minimum absolute atomic E-state index is 0. The van der Waals surface area contributed by atoms with Gasteiger partial charge in [-0.3, -0.25) is 0 Å². The van der Waals surface area contributed by atoms with Crippen LogP contribution < -0.4 is 46.0 Å². The largest absolute Gasteiger partial charge is 2.00 e. The van der Waals surface area contributed by atoms with Crippen molar-refractivity contribution in [3.05, 3.63) is 136 Å². The summed E-state index contributed by atoms with van der Waals surface area (Å²) in [5.74, 6) is 0. The zero-order valence-corrected chi connectivity index (χ0v) is 30.1. The molecule has 4 aromatic rings. The van der Waals surface area contributed by atoms with E-state index in [0.717, 1.165) is 11.3 Å². The van der Waals surface area contributed by atoms with Crippen LogP contribution in [0.25, 0.3) is 0 Å². The summed E-state index contributed by atoms with van der Waals surface area (Å²) >= 11 is 0. The molecule has 0 unspecified atom stereocenters. The quantitative estimate of drug-likeness (QED) is 0.163. The van der Waals surface area contributed by atoms with Crippen molar-refractivity contribution >= 4 is 37.1 Å². The molecule has 0 spiro atoms. The van der Waals surface area contributed by atoms with E-state index in [-0.39, 0.29) is 89.4 Å². The van der Waals surface area contributed by atoms with E-state index in [1.165, 1.54) is 51.4 Å². The van der Waals surface area contributed by atoms with Gasteiger partial charge in [-0.2, -0.15) is 0 Å². The first kappa shape index (κ1) is 43.5. The normalized spacial score (nSPS) is 14.0. The molecule has 42 heavy (non-hydrogen) atoms. The van der Waals surface area contributed by atoms with Gasteiger partial charge in [0.15, 0.2) is 0 Å². The van der Waals surface area contributed by atoms with Gasteiger partial charge < -0.3 is 39.7 Å². The van der Waals surface area contributed by atoms with Crippen LogP contribution in [0.2, 0.25) is 0 Å². The van der Waals surface area contributed by atoms with E-state index in [9.17, 15) is 0 Å². The maximum absolute atomic E-state index is 2.32. The minimum Gasteiger partial charge on any atom is -1.00 e. The molecule has 0 aromatic heterocycles. The zero-order chi connectivity index (χ0) is 24.4. The summed E-state index contributed by atoms with van der Waals surface area (Å²) in [5, 5.41) is 6.19. The van der Waals surface area contributed by atoms with Crippen LogP contribution in [0, 0.1) is 14.9 Å². The third-order valence-electron chi connectivity index (χ3n) is 7.52. The molecule has 0 bridgehead atoms. The number of benzene rings is 4. The van der Waals surface area contributed by atoms with E-state index in [2.05, 4.69) is 121 Å². The van der Waals surface area contributed by atoms with Crippen LogP contribution in [0.3, 0.4) is 0 Å². The Bertz CT molecular complexity index is 984. The van der Waals surface area contributed by atoms with Crippen LogP contribution in [0.5, 0.6) is 0 Å². The third kappa shape index (κ3) is 12.0. The number of hydrogen-bond donors (Lipinski definition) is 0. The summed E-state index contributed by atoms with van der Waals surface area (Å²) in [4.78, 5) is 0. The summed E-state index contributed by atoms with van der Waals surface area (Å²) in [6.07, 6.45) is 11.3. The van der Waals surface area contributed by atoms with Crippen molar-refractivity contribution in [2.75, 3.05) is 0 Å². The van der Waals surface area contributed by atoms with Crippen LogP contribution in [0.15, 0.2) is 121 Å². The van der Waals surface area contributed by atoms with Crippen molar-refractivity contribution in [2.45, 2.75) is 62.7 Å². The third-order valence-corrected chi connectivity index (χ3v) is 13.4. The van der Waals surface area contributed by atoms with Crippen molar-refractivity contribution < 1.29 is 58.7 Å². The molecule has 2 aliphatic carbocycles. The fourth-order valence-electron chi connectivity index (χ4n) is 5.82. The summed E-state index contributed by atoms with van der Waals surface area (Å²) < 4.78 is 0. The molecule has 0 saturated heterocycles. The molecule has 0 N–H and O–H groups in total. The van der Waals surface area contributed by atoms with E-state index in [1.54, 1.807) is 21.2 Å². The number of rotatable bonds is 6. The Kier molecular flexibility index (Phi) is 24.5. The fourth-order valence-corrected chi connectivity index (χ4v) is 11.8. The maximum Gasteiger partial charge on any atom is 2.00 e. The Labute approximate surface area is 292 Å².